The molecular formula is C20H29N5O4. The van der Waals surface area contributed by atoms with Crippen LogP contribution in [0.3, 0.4) is 0 Å². The largest absolute Gasteiger partial charge is 0.394 e. The molecule has 9 heteroatoms. The van der Waals surface area contributed by atoms with Crippen LogP contribution in [-0.4, -0.2) is 72.3 Å². The Balaban J connectivity index is 1.72. The molecule has 0 aromatic carbocycles. The van der Waals surface area contributed by atoms with Crippen LogP contribution in [0.15, 0.2) is 24.8 Å². The number of aromatic nitrogens is 4. The van der Waals surface area contributed by atoms with Gasteiger partial charge in [0.15, 0.2) is 23.2 Å². The minimum absolute atomic E-state index is 0.373. The maximum atomic E-state index is 10.4. The van der Waals surface area contributed by atoms with Gasteiger partial charge in [-0.05, 0) is 19.8 Å². The first-order chi connectivity index (χ1) is 14.0. The normalized spacial score (nSPS) is 28.1. The zero-order valence-corrected chi connectivity index (χ0v) is 16.7. The van der Waals surface area contributed by atoms with Crippen LogP contribution in [0.5, 0.6) is 0 Å². The van der Waals surface area contributed by atoms with Crippen LogP contribution in [0.1, 0.15) is 45.3 Å². The van der Waals surface area contributed by atoms with Crippen molar-refractivity contribution in [3.8, 4) is 0 Å². The van der Waals surface area contributed by atoms with Crippen molar-refractivity contribution in [1.29, 1.82) is 0 Å². The first kappa shape index (κ1) is 20.2. The highest BCUT2D eigenvalue weighted by atomic mass is 16.6. The Morgan fingerprint density at radius 2 is 1.97 bits per heavy atom. The second-order valence-corrected chi connectivity index (χ2v) is 8.13. The molecule has 4 rings (SSSR count). The summed E-state index contributed by atoms with van der Waals surface area (Å²) in [6, 6.07) is 0.373. The van der Waals surface area contributed by atoms with Gasteiger partial charge in [-0.25, -0.2) is 15.0 Å². The average Bonchev–Trinajstić information content (AvgIpc) is 3.28. The Labute approximate surface area is 169 Å². The van der Waals surface area contributed by atoms with Gasteiger partial charge in [0.25, 0.3) is 0 Å². The van der Waals surface area contributed by atoms with Gasteiger partial charge in [0.2, 0.25) is 0 Å². The summed E-state index contributed by atoms with van der Waals surface area (Å²) in [4.78, 5) is 15.7. The van der Waals surface area contributed by atoms with Crippen LogP contribution in [0, 0.1) is 0 Å². The molecular weight excluding hydrogens is 374 g/mol. The standard InChI is InChI=1S/C20H29N5O4/c1-12(2)8-24(13-6-4-3-5-7-13)18-15-19(22-10-21-18)25(11-23-15)20-17(28)16(27)14(9-26)29-20/h10-11,13-14,16-17,20,26-28H,1,3-9H2,2H3/t14-,16-,17-,20-/m1/s1. The zero-order valence-electron chi connectivity index (χ0n) is 16.7. The number of nitrogens with zero attached hydrogens (tertiary/aromatic N) is 5. The predicted octanol–water partition coefficient (Wildman–Crippen LogP) is 1.15. The van der Waals surface area contributed by atoms with Crippen LogP contribution >= 0.6 is 0 Å². The van der Waals surface area contributed by atoms with E-state index >= 15 is 0 Å². The van der Waals surface area contributed by atoms with Gasteiger partial charge >= 0.3 is 0 Å². The third-order valence-electron chi connectivity index (χ3n) is 5.86. The van der Waals surface area contributed by atoms with Crippen molar-refractivity contribution in [2.45, 2.75) is 69.6 Å². The van der Waals surface area contributed by atoms with Gasteiger partial charge in [-0.3, -0.25) is 4.57 Å². The Hall–Kier alpha value is -2.07. The van der Waals surface area contributed by atoms with Crippen molar-refractivity contribution in [3.05, 3.63) is 24.8 Å². The molecule has 2 aromatic heterocycles. The maximum Gasteiger partial charge on any atom is 0.167 e. The third-order valence-corrected chi connectivity index (χ3v) is 5.86. The van der Waals surface area contributed by atoms with E-state index in [-0.39, 0.29) is 6.61 Å². The van der Waals surface area contributed by atoms with Crippen molar-refractivity contribution in [2.75, 3.05) is 18.1 Å². The smallest absolute Gasteiger partial charge is 0.167 e. The summed E-state index contributed by atoms with van der Waals surface area (Å²) in [6.07, 6.45) is 4.81. The summed E-state index contributed by atoms with van der Waals surface area (Å²) in [7, 11) is 0. The Morgan fingerprint density at radius 1 is 1.21 bits per heavy atom. The van der Waals surface area contributed by atoms with Crippen molar-refractivity contribution in [3.63, 3.8) is 0 Å². The highest BCUT2D eigenvalue weighted by molar-refractivity contribution is 5.83. The van der Waals surface area contributed by atoms with E-state index in [1.807, 2.05) is 6.92 Å². The number of hydrogen-bond donors (Lipinski definition) is 3. The molecule has 2 fully saturated rings. The minimum Gasteiger partial charge on any atom is -0.394 e. The van der Waals surface area contributed by atoms with E-state index in [4.69, 9.17) is 4.74 Å². The molecule has 3 N–H and O–H groups in total. The first-order valence-corrected chi connectivity index (χ1v) is 10.2. The van der Waals surface area contributed by atoms with Crippen molar-refractivity contribution < 1.29 is 20.1 Å². The maximum absolute atomic E-state index is 10.4. The summed E-state index contributed by atoms with van der Waals surface area (Å²) in [5, 5.41) is 29.8. The van der Waals surface area contributed by atoms with E-state index < -0.39 is 24.5 Å². The second-order valence-electron chi connectivity index (χ2n) is 8.13. The zero-order chi connectivity index (χ0) is 20.5. The average molecular weight is 403 g/mol. The van der Waals surface area contributed by atoms with Crippen LogP contribution in [0.25, 0.3) is 11.2 Å². The molecule has 4 atom stereocenters. The lowest BCUT2D eigenvalue weighted by Crippen LogP contribution is -2.38. The number of hydrogen-bond acceptors (Lipinski definition) is 8. The van der Waals surface area contributed by atoms with Crippen LogP contribution in [-0.2, 0) is 4.74 Å². The molecule has 0 radical (unpaired) electrons. The number of aliphatic hydroxyl groups excluding tert-OH is 3. The molecule has 158 valence electrons. The molecule has 9 nitrogen and oxygen atoms in total. The number of rotatable bonds is 6. The lowest BCUT2D eigenvalue weighted by Gasteiger charge is -2.35. The van der Waals surface area contributed by atoms with Crippen LogP contribution in [0.4, 0.5) is 5.82 Å². The predicted molar refractivity (Wildman–Crippen MR) is 107 cm³/mol. The Kier molecular flexibility index (Phi) is 5.82. The SMILES string of the molecule is C=C(C)CN(c1ncnc2c1ncn2[C@@H]1O[C@H](CO)[C@@H](O)[C@H]1O)C1CCCCC1. The third kappa shape index (κ3) is 3.75. The van der Waals surface area contributed by atoms with Crippen LogP contribution < -0.4 is 4.90 Å². The molecule has 0 bridgehead atoms. The van der Waals surface area contributed by atoms with Gasteiger partial charge < -0.3 is 25.0 Å². The number of aliphatic hydroxyl groups is 3. The summed E-state index contributed by atoms with van der Waals surface area (Å²) >= 11 is 0. The van der Waals surface area contributed by atoms with Crippen molar-refractivity contribution in [2.24, 2.45) is 0 Å². The fraction of sp³-hybridized carbons (Fsp3) is 0.650. The van der Waals surface area contributed by atoms with Gasteiger partial charge in [-0.2, -0.15) is 0 Å². The highest BCUT2D eigenvalue weighted by Crippen LogP contribution is 2.34. The van der Waals surface area contributed by atoms with E-state index in [2.05, 4.69) is 26.4 Å². The van der Waals surface area contributed by atoms with Gasteiger partial charge in [0.05, 0.1) is 12.9 Å². The molecule has 2 aliphatic rings. The number of anilines is 1. The fourth-order valence-corrected chi connectivity index (χ4v) is 4.41. The molecule has 1 saturated carbocycles. The summed E-state index contributed by atoms with van der Waals surface area (Å²) in [6.45, 7) is 6.40. The molecule has 2 aromatic rings. The fourth-order valence-electron chi connectivity index (χ4n) is 4.41. The quantitative estimate of drug-likeness (QED) is 0.615. The molecule has 29 heavy (non-hydrogen) atoms. The summed E-state index contributed by atoms with van der Waals surface area (Å²) in [5.74, 6) is 0.746. The molecule has 3 heterocycles. The van der Waals surface area contributed by atoms with E-state index in [9.17, 15) is 15.3 Å². The molecule has 1 aliphatic heterocycles. The molecule has 1 aliphatic carbocycles. The topological polar surface area (TPSA) is 117 Å². The van der Waals surface area contributed by atoms with Gasteiger partial charge in [0, 0.05) is 12.6 Å². The highest BCUT2D eigenvalue weighted by Gasteiger charge is 2.44. The monoisotopic (exact) mass is 403 g/mol. The van der Waals surface area contributed by atoms with Gasteiger partial charge in [-0.1, -0.05) is 31.4 Å². The number of ether oxygens (including phenoxy) is 1. The molecule has 0 amide bonds. The summed E-state index contributed by atoms with van der Waals surface area (Å²) < 4.78 is 7.25. The molecule has 1 saturated heterocycles. The van der Waals surface area contributed by atoms with E-state index in [0.717, 1.165) is 24.2 Å². The van der Waals surface area contributed by atoms with E-state index in [1.165, 1.54) is 25.6 Å². The second kappa shape index (κ2) is 8.35. The summed E-state index contributed by atoms with van der Waals surface area (Å²) in [5.41, 5.74) is 2.19. The van der Waals surface area contributed by atoms with Crippen molar-refractivity contribution in [1.82, 2.24) is 19.5 Å². The Bertz CT molecular complexity index is 866. The van der Waals surface area contributed by atoms with Gasteiger partial charge in [0.1, 0.15) is 24.6 Å². The molecule has 0 spiro atoms. The first-order valence-electron chi connectivity index (χ1n) is 10.2. The van der Waals surface area contributed by atoms with E-state index in [0.29, 0.717) is 23.8 Å². The van der Waals surface area contributed by atoms with E-state index in [1.54, 1.807) is 10.9 Å². The lowest BCUT2D eigenvalue weighted by molar-refractivity contribution is -0.0511. The van der Waals surface area contributed by atoms with Gasteiger partial charge in [-0.15, -0.1) is 0 Å². The number of fused-ring (bicyclic) bond motifs is 1. The lowest BCUT2D eigenvalue weighted by atomic mass is 9.94. The van der Waals surface area contributed by atoms with Crippen LogP contribution in [0.2, 0.25) is 0 Å². The number of imidazole rings is 1. The minimum atomic E-state index is -1.19. The molecule has 0 unspecified atom stereocenters. The van der Waals surface area contributed by atoms with Crippen molar-refractivity contribution >= 4 is 17.0 Å². The Morgan fingerprint density at radius 3 is 2.62 bits per heavy atom.